The molecule has 0 aliphatic rings. The van der Waals surface area contributed by atoms with Gasteiger partial charge in [0.2, 0.25) is 0 Å². The first-order valence-corrected chi connectivity index (χ1v) is 7.15. The molecule has 6 heteroatoms. The number of benzene rings is 2. The van der Waals surface area contributed by atoms with Crippen LogP contribution in [-0.4, -0.2) is 5.91 Å². The number of rotatable bonds is 2. The van der Waals surface area contributed by atoms with Crippen molar-refractivity contribution in [3.8, 4) is 0 Å². The number of carbonyl (C=O) groups excluding carboxylic acids is 1. The summed E-state index contributed by atoms with van der Waals surface area (Å²) in [5, 5.41) is 3.47. The van der Waals surface area contributed by atoms with Crippen molar-refractivity contribution in [1.29, 1.82) is 0 Å². The van der Waals surface area contributed by atoms with Gasteiger partial charge in [0.1, 0.15) is 5.82 Å². The van der Waals surface area contributed by atoms with E-state index in [4.69, 9.17) is 23.2 Å². The number of hydrogen-bond acceptors (Lipinski definition) is 1. The third-order valence-corrected chi connectivity index (χ3v) is 4.08. The van der Waals surface area contributed by atoms with Crippen LogP contribution in [0.5, 0.6) is 0 Å². The predicted molar refractivity (Wildman–Crippen MR) is 83.3 cm³/mol. The van der Waals surface area contributed by atoms with Gasteiger partial charge in [-0.25, -0.2) is 4.39 Å². The predicted octanol–water partition coefficient (Wildman–Crippen LogP) is 5.46. The van der Waals surface area contributed by atoms with Gasteiger partial charge in [-0.2, -0.15) is 0 Å². The van der Waals surface area contributed by atoms with Gasteiger partial charge in [-0.15, -0.1) is 0 Å². The molecular weight excluding hydrogens is 368 g/mol. The summed E-state index contributed by atoms with van der Waals surface area (Å²) in [7, 11) is 0. The maximum atomic E-state index is 13.2. The number of hydrogen-bond donors (Lipinski definition) is 1. The van der Waals surface area contributed by atoms with Crippen molar-refractivity contribution < 1.29 is 9.18 Å². The molecule has 20 heavy (non-hydrogen) atoms. The molecule has 0 bridgehead atoms. The van der Waals surface area contributed by atoms with Gasteiger partial charge in [0.15, 0.2) is 0 Å². The van der Waals surface area contributed by atoms with Crippen LogP contribution in [0.1, 0.15) is 15.9 Å². The molecule has 0 saturated carbocycles. The number of aryl methyl sites for hydroxylation is 1. The van der Waals surface area contributed by atoms with Gasteiger partial charge in [-0.1, -0.05) is 23.2 Å². The molecule has 0 spiro atoms. The van der Waals surface area contributed by atoms with Crippen LogP contribution in [0, 0.1) is 12.7 Å². The second-order valence-electron chi connectivity index (χ2n) is 4.16. The quantitative estimate of drug-likeness (QED) is 0.741. The lowest BCUT2D eigenvalue weighted by atomic mass is 10.2. The first-order chi connectivity index (χ1) is 9.38. The molecule has 1 amide bonds. The Hall–Kier alpha value is -1.10. The third-order valence-electron chi connectivity index (χ3n) is 2.67. The van der Waals surface area contributed by atoms with Gasteiger partial charge in [-0.3, -0.25) is 4.79 Å². The molecule has 0 aliphatic heterocycles. The molecule has 0 unspecified atom stereocenters. The van der Waals surface area contributed by atoms with Crippen LogP contribution >= 0.6 is 39.1 Å². The summed E-state index contributed by atoms with van der Waals surface area (Å²) in [6, 6.07) is 7.08. The number of amides is 1. The average molecular weight is 377 g/mol. The Morgan fingerprint density at radius 1 is 1.20 bits per heavy atom. The van der Waals surface area contributed by atoms with Crippen molar-refractivity contribution >= 4 is 50.7 Å². The highest BCUT2D eigenvalue weighted by molar-refractivity contribution is 9.10. The Kier molecular flexibility index (Phi) is 4.68. The standard InChI is InChI=1S/C14H9BrCl2FNO/c1-7-4-12(17)13(6-11(7)16)19-14(20)9-5-8(18)2-3-10(9)15/h2-6H,1H3,(H,19,20). The molecule has 0 radical (unpaired) electrons. The summed E-state index contributed by atoms with van der Waals surface area (Å²) in [6.45, 7) is 1.81. The van der Waals surface area contributed by atoms with Gasteiger partial charge in [0, 0.05) is 9.50 Å². The summed E-state index contributed by atoms with van der Waals surface area (Å²) in [4.78, 5) is 12.1. The lowest BCUT2D eigenvalue weighted by Gasteiger charge is -2.10. The third kappa shape index (κ3) is 3.32. The lowest BCUT2D eigenvalue weighted by Crippen LogP contribution is -2.13. The van der Waals surface area contributed by atoms with Crippen molar-refractivity contribution in [2.75, 3.05) is 5.32 Å². The van der Waals surface area contributed by atoms with Crippen molar-refractivity contribution in [3.05, 3.63) is 61.8 Å². The van der Waals surface area contributed by atoms with Crippen LogP contribution in [0.15, 0.2) is 34.8 Å². The molecular formula is C14H9BrCl2FNO. The van der Waals surface area contributed by atoms with Gasteiger partial charge < -0.3 is 5.32 Å². The Labute approximate surface area is 134 Å². The maximum Gasteiger partial charge on any atom is 0.256 e. The highest BCUT2D eigenvalue weighted by atomic mass is 79.9. The first-order valence-electron chi connectivity index (χ1n) is 5.60. The zero-order valence-corrected chi connectivity index (χ0v) is 13.4. The molecule has 0 saturated heterocycles. The Balaban J connectivity index is 2.32. The zero-order valence-electron chi connectivity index (χ0n) is 10.3. The summed E-state index contributed by atoms with van der Waals surface area (Å²) in [5.74, 6) is -0.968. The molecule has 0 fully saturated rings. The second-order valence-corrected chi connectivity index (χ2v) is 5.83. The zero-order chi connectivity index (χ0) is 14.9. The second kappa shape index (κ2) is 6.12. The SMILES string of the molecule is Cc1cc(Cl)c(NC(=O)c2cc(F)ccc2Br)cc1Cl. The van der Waals surface area contributed by atoms with Gasteiger partial charge in [0.05, 0.1) is 16.3 Å². The molecule has 2 nitrogen and oxygen atoms in total. The topological polar surface area (TPSA) is 29.1 Å². The van der Waals surface area contributed by atoms with Crippen LogP contribution in [0.2, 0.25) is 10.0 Å². The molecule has 0 atom stereocenters. The van der Waals surface area contributed by atoms with Crippen molar-refractivity contribution in [1.82, 2.24) is 0 Å². The largest absolute Gasteiger partial charge is 0.321 e. The molecule has 104 valence electrons. The first kappa shape index (κ1) is 15.3. The summed E-state index contributed by atoms with van der Waals surface area (Å²) < 4.78 is 13.7. The molecule has 0 heterocycles. The summed E-state index contributed by atoms with van der Waals surface area (Å²) in [5.41, 5.74) is 1.36. The monoisotopic (exact) mass is 375 g/mol. The Morgan fingerprint density at radius 3 is 2.60 bits per heavy atom. The average Bonchev–Trinajstić information content (AvgIpc) is 2.38. The fourth-order valence-corrected chi connectivity index (χ4v) is 2.46. The van der Waals surface area contributed by atoms with Crippen LogP contribution < -0.4 is 5.32 Å². The minimum Gasteiger partial charge on any atom is -0.321 e. The fraction of sp³-hybridized carbons (Fsp3) is 0.0714. The molecule has 0 aliphatic carbocycles. The molecule has 1 N–H and O–H groups in total. The van der Waals surface area contributed by atoms with Crippen LogP contribution in [0.3, 0.4) is 0 Å². The number of anilines is 1. The highest BCUT2D eigenvalue weighted by Crippen LogP contribution is 2.29. The number of nitrogens with one attached hydrogen (secondary N) is 1. The van der Waals surface area contributed by atoms with E-state index >= 15 is 0 Å². The molecule has 0 aromatic heterocycles. The fourth-order valence-electron chi connectivity index (χ4n) is 1.60. The van der Waals surface area contributed by atoms with Crippen molar-refractivity contribution in [3.63, 3.8) is 0 Å². The van der Waals surface area contributed by atoms with E-state index in [1.807, 2.05) is 6.92 Å². The van der Waals surface area contributed by atoms with Crippen LogP contribution in [0.25, 0.3) is 0 Å². The van der Waals surface area contributed by atoms with E-state index in [9.17, 15) is 9.18 Å². The summed E-state index contributed by atoms with van der Waals surface area (Å²) in [6.07, 6.45) is 0. The number of halogens is 4. The van der Waals surface area contributed by atoms with E-state index < -0.39 is 11.7 Å². The molecule has 2 rings (SSSR count). The maximum absolute atomic E-state index is 13.2. The van der Waals surface area contributed by atoms with E-state index in [-0.39, 0.29) is 5.56 Å². The van der Waals surface area contributed by atoms with Crippen molar-refractivity contribution in [2.45, 2.75) is 6.92 Å². The van der Waals surface area contributed by atoms with Crippen LogP contribution in [-0.2, 0) is 0 Å². The lowest BCUT2D eigenvalue weighted by molar-refractivity contribution is 0.102. The minimum absolute atomic E-state index is 0.178. The van der Waals surface area contributed by atoms with E-state index in [1.165, 1.54) is 12.1 Å². The van der Waals surface area contributed by atoms with Crippen molar-refractivity contribution in [2.24, 2.45) is 0 Å². The Bertz CT molecular complexity index is 691. The molecule has 2 aromatic rings. The van der Waals surface area contributed by atoms with Crippen LogP contribution in [0.4, 0.5) is 10.1 Å². The van der Waals surface area contributed by atoms with E-state index in [0.717, 1.165) is 11.6 Å². The Morgan fingerprint density at radius 2 is 1.90 bits per heavy atom. The highest BCUT2D eigenvalue weighted by Gasteiger charge is 2.14. The van der Waals surface area contributed by atoms with Gasteiger partial charge in [0.25, 0.3) is 5.91 Å². The van der Waals surface area contributed by atoms with E-state index in [1.54, 1.807) is 12.1 Å². The summed E-state index contributed by atoms with van der Waals surface area (Å²) >= 11 is 15.2. The smallest absolute Gasteiger partial charge is 0.256 e. The molecule has 2 aromatic carbocycles. The van der Waals surface area contributed by atoms with E-state index in [2.05, 4.69) is 21.2 Å². The minimum atomic E-state index is -0.494. The van der Waals surface area contributed by atoms with Gasteiger partial charge >= 0.3 is 0 Å². The number of carbonyl (C=O) groups is 1. The van der Waals surface area contributed by atoms with E-state index in [0.29, 0.717) is 20.2 Å². The van der Waals surface area contributed by atoms with Gasteiger partial charge in [-0.05, 0) is 58.7 Å². The normalized spacial score (nSPS) is 10.4.